The van der Waals surface area contributed by atoms with E-state index in [1.807, 2.05) is 45.9 Å². The van der Waals surface area contributed by atoms with E-state index in [0.29, 0.717) is 0 Å². The molecule has 1 aromatic carbocycles. The smallest absolute Gasteiger partial charge is 0.307 e. The van der Waals surface area contributed by atoms with E-state index >= 15 is 0 Å². The van der Waals surface area contributed by atoms with Gasteiger partial charge >= 0.3 is 5.97 Å². The summed E-state index contributed by atoms with van der Waals surface area (Å²) in [5, 5.41) is 12.0. The number of anilines is 1. The molecule has 0 saturated heterocycles. The summed E-state index contributed by atoms with van der Waals surface area (Å²) >= 11 is 0. The lowest BCUT2D eigenvalue weighted by Crippen LogP contribution is -2.19. The average molecular weight is 261 g/mol. The van der Waals surface area contributed by atoms with Crippen LogP contribution in [-0.4, -0.2) is 17.0 Å². The first kappa shape index (κ1) is 13.6. The predicted octanol–water partition coefficient (Wildman–Crippen LogP) is 2.60. The van der Waals surface area contributed by atoms with Gasteiger partial charge in [-0.3, -0.25) is 9.59 Å². The maximum Gasteiger partial charge on any atom is 0.307 e. The Kier molecular flexibility index (Phi) is 3.12. The molecule has 0 bridgehead atoms. The third-order valence-corrected chi connectivity index (χ3v) is 4.11. The SMILES string of the molecule is Cc1cccc(C)c1NC(=O)[C@H]1[C@@H](C(=O)O)C1(C)C. The van der Waals surface area contributed by atoms with Crippen molar-refractivity contribution in [2.24, 2.45) is 17.3 Å². The van der Waals surface area contributed by atoms with E-state index in [1.165, 1.54) is 0 Å². The molecule has 2 atom stereocenters. The van der Waals surface area contributed by atoms with Gasteiger partial charge in [-0.15, -0.1) is 0 Å². The summed E-state index contributed by atoms with van der Waals surface area (Å²) in [4.78, 5) is 23.3. The van der Waals surface area contributed by atoms with Gasteiger partial charge in [-0.25, -0.2) is 0 Å². The van der Waals surface area contributed by atoms with Gasteiger partial charge in [-0.1, -0.05) is 32.0 Å². The molecule has 1 amide bonds. The Morgan fingerprint density at radius 3 is 2.11 bits per heavy atom. The summed E-state index contributed by atoms with van der Waals surface area (Å²) in [6.45, 7) is 7.49. The quantitative estimate of drug-likeness (QED) is 0.879. The van der Waals surface area contributed by atoms with Crippen molar-refractivity contribution in [1.82, 2.24) is 0 Å². The molecule has 0 spiro atoms. The Morgan fingerprint density at radius 2 is 1.68 bits per heavy atom. The van der Waals surface area contributed by atoms with Gasteiger partial charge in [0.05, 0.1) is 11.8 Å². The normalized spacial score (nSPS) is 23.8. The maximum atomic E-state index is 12.2. The van der Waals surface area contributed by atoms with Gasteiger partial charge in [0, 0.05) is 5.69 Å². The van der Waals surface area contributed by atoms with Crippen molar-refractivity contribution in [2.45, 2.75) is 27.7 Å². The molecule has 0 radical (unpaired) electrons. The van der Waals surface area contributed by atoms with Crippen LogP contribution in [0.4, 0.5) is 5.69 Å². The Hall–Kier alpha value is -1.84. The number of carboxylic acids is 1. The highest BCUT2D eigenvalue weighted by Gasteiger charge is 2.65. The summed E-state index contributed by atoms with van der Waals surface area (Å²) in [5.41, 5.74) is 2.30. The number of benzene rings is 1. The van der Waals surface area contributed by atoms with E-state index in [2.05, 4.69) is 5.32 Å². The molecule has 0 aliphatic heterocycles. The lowest BCUT2D eigenvalue weighted by Gasteiger charge is -2.11. The first-order valence-electron chi connectivity index (χ1n) is 6.36. The molecule has 1 aliphatic rings. The van der Waals surface area contributed by atoms with Crippen LogP contribution in [0.3, 0.4) is 0 Å². The van der Waals surface area contributed by atoms with Crippen LogP contribution in [0.1, 0.15) is 25.0 Å². The van der Waals surface area contributed by atoms with Gasteiger partial charge in [0.2, 0.25) is 5.91 Å². The number of aliphatic carboxylic acids is 1. The van der Waals surface area contributed by atoms with Gasteiger partial charge in [-0.2, -0.15) is 0 Å². The molecular formula is C15H19NO3. The van der Waals surface area contributed by atoms with Crippen LogP contribution in [0, 0.1) is 31.1 Å². The van der Waals surface area contributed by atoms with Crippen molar-refractivity contribution in [2.75, 3.05) is 5.32 Å². The van der Waals surface area contributed by atoms with Gasteiger partial charge < -0.3 is 10.4 Å². The number of rotatable bonds is 3. The molecule has 102 valence electrons. The number of para-hydroxylation sites is 1. The van der Waals surface area contributed by atoms with E-state index in [4.69, 9.17) is 5.11 Å². The summed E-state index contributed by atoms with van der Waals surface area (Å²) < 4.78 is 0. The molecule has 0 aromatic heterocycles. The number of nitrogens with one attached hydrogen (secondary N) is 1. The average Bonchev–Trinajstić information content (AvgIpc) is 2.87. The van der Waals surface area contributed by atoms with Crippen LogP contribution in [-0.2, 0) is 9.59 Å². The highest BCUT2D eigenvalue weighted by molar-refractivity contribution is 6.00. The largest absolute Gasteiger partial charge is 0.481 e. The Morgan fingerprint density at radius 1 is 1.16 bits per heavy atom. The van der Waals surface area contributed by atoms with Crippen LogP contribution in [0.5, 0.6) is 0 Å². The highest BCUT2D eigenvalue weighted by atomic mass is 16.4. The monoisotopic (exact) mass is 261 g/mol. The van der Waals surface area contributed by atoms with Crippen LogP contribution >= 0.6 is 0 Å². The second-order valence-electron chi connectivity index (χ2n) is 5.87. The molecule has 0 unspecified atom stereocenters. The molecule has 4 nitrogen and oxygen atoms in total. The number of hydrogen-bond acceptors (Lipinski definition) is 2. The highest BCUT2D eigenvalue weighted by Crippen LogP contribution is 2.58. The molecule has 1 aliphatic carbocycles. The number of hydrogen-bond donors (Lipinski definition) is 2. The molecule has 1 aromatic rings. The van der Waals surface area contributed by atoms with Gasteiger partial charge in [0.15, 0.2) is 0 Å². The summed E-state index contributed by atoms with van der Waals surface area (Å²) in [7, 11) is 0. The van der Waals surface area contributed by atoms with Crippen molar-refractivity contribution in [3.05, 3.63) is 29.3 Å². The van der Waals surface area contributed by atoms with Crippen LogP contribution in [0.2, 0.25) is 0 Å². The fourth-order valence-electron chi connectivity index (χ4n) is 2.80. The molecule has 0 heterocycles. The Balaban J connectivity index is 2.18. The predicted molar refractivity (Wildman–Crippen MR) is 72.9 cm³/mol. The second-order valence-corrected chi connectivity index (χ2v) is 5.87. The van der Waals surface area contributed by atoms with E-state index in [-0.39, 0.29) is 5.91 Å². The van der Waals surface area contributed by atoms with E-state index in [9.17, 15) is 9.59 Å². The third-order valence-electron chi connectivity index (χ3n) is 4.11. The molecule has 1 fully saturated rings. The fraction of sp³-hybridized carbons (Fsp3) is 0.467. The Bertz CT molecular complexity index is 528. The first-order chi connectivity index (χ1) is 8.76. The van der Waals surface area contributed by atoms with Gasteiger partial charge in [-0.05, 0) is 30.4 Å². The van der Waals surface area contributed by atoms with Crippen molar-refractivity contribution in [3.8, 4) is 0 Å². The van der Waals surface area contributed by atoms with Gasteiger partial charge in [0.25, 0.3) is 0 Å². The van der Waals surface area contributed by atoms with Crippen molar-refractivity contribution in [1.29, 1.82) is 0 Å². The van der Waals surface area contributed by atoms with E-state index < -0.39 is 23.2 Å². The van der Waals surface area contributed by atoms with Crippen molar-refractivity contribution < 1.29 is 14.7 Å². The number of aryl methyl sites for hydroxylation is 2. The molecule has 1 saturated carbocycles. The van der Waals surface area contributed by atoms with Crippen LogP contribution in [0.15, 0.2) is 18.2 Å². The third kappa shape index (κ3) is 2.23. The Labute approximate surface area is 112 Å². The minimum atomic E-state index is -0.897. The number of carbonyl (C=O) groups is 2. The van der Waals surface area contributed by atoms with Crippen LogP contribution < -0.4 is 5.32 Å². The topological polar surface area (TPSA) is 66.4 Å². The molecule has 2 N–H and O–H groups in total. The molecule has 19 heavy (non-hydrogen) atoms. The van der Waals surface area contributed by atoms with E-state index in [0.717, 1.165) is 16.8 Å². The van der Waals surface area contributed by atoms with Crippen molar-refractivity contribution >= 4 is 17.6 Å². The minimum Gasteiger partial charge on any atom is -0.481 e. The number of carboxylic acid groups (broad SMARTS) is 1. The summed E-state index contributed by atoms with van der Waals surface area (Å²) in [6, 6.07) is 5.78. The lowest BCUT2D eigenvalue weighted by molar-refractivity contribution is -0.140. The zero-order chi connectivity index (χ0) is 14.4. The first-order valence-corrected chi connectivity index (χ1v) is 6.36. The second kappa shape index (κ2) is 4.37. The minimum absolute atomic E-state index is 0.199. The zero-order valence-electron chi connectivity index (χ0n) is 11.7. The van der Waals surface area contributed by atoms with Gasteiger partial charge in [0.1, 0.15) is 0 Å². The number of amides is 1. The molecule has 2 rings (SSSR count). The standard InChI is InChI=1S/C15H19NO3/c1-8-6-5-7-9(2)12(8)16-13(17)10-11(14(18)19)15(10,3)4/h5-7,10-11H,1-4H3,(H,16,17)(H,18,19)/t10-,11+/m1/s1. The van der Waals surface area contributed by atoms with E-state index in [1.54, 1.807) is 0 Å². The molecular weight excluding hydrogens is 242 g/mol. The summed E-state index contributed by atoms with van der Waals surface area (Å²) in [5.74, 6) is -2.14. The molecule has 4 heteroatoms. The summed E-state index contributed by atoms with van der Waals surface area (Å²) in [6.07, 6.45) is 0. The fourth-order valence-corrected chi connectivity index (χ4v) is 2.80. The zero-order valence-corrected chi connectivity index (χ0v) is 11.7. The van der Waals surface area contributed by atoms with Crippen molar-refractivity contribution in [3.63, 3.8) is 0 Å². The number of carbonyl (C=O) groups excluding carboxylic acids is 1. The lowest BCUT2D eigenvalue weighted by atomic mass is 10.1. The van der Waals surface area contributed by atoms with Crippen LogP contribution in [0.25, 0.3) is 0 Å². The maximum absolute atomic E-state index is 12.2.